The molecule has 0 aliphatic heterocycles. The molecule has 2 fully saturated rings. The summed E-state index contributed by atoms with van der Waals surface area (Å²) in [5.74, 6) is 29.0. The predicted octanol–water partition coefficient (Wildman–Crippen LogP) is 16.0. The number of hydrogen-bond donors (Lipinski definition) is 0. The Morgan fingerprint density at radius 2 is 0.500 bits per heavy atom. The summed E-state index contributed by atoms with van der Waals surface area (Å²) in [7, 11) is 0. The Labute approximate surface area is 500 Å². The molecule has 0 saturated heterocycles. The molecule has 6 aromatic carbocycles. The van der Waals surface area contributed by atoms with Gasteiger partial charge in [-0.05, 0) is 194 Å². The normalized spacial score (nSPS) is 15.8. The molecule has 6 aromatic rings. The van der Waals surface area contributed by atoms with E-state index in [1.165, 1.54) is 100 Å². The minimum absolute atomic E-state index is 0.199. The van der Waals surface area contributed by atoms with E-state index in [4.69, 9.17) is 37.9 Å². The van der Waals surface area contributed by atoms with Crippen molar-refractivity contribution in [2.24, 2.45) is 23.7 Å². The maximum absolute atomic E-state index is 5.57. The number of benzene rings is 6. The van der Waals surface area contributed by atoms with Crippen LogP contribution in [0.3, 0.4) is 0 Å². The van der Waals surface area contributed by atoms with Crippen molar-refractivity contribution in [3.63, 3.8) is 0 Å². The first-order valence-corrected chi connectivity index (χ1v) is 29.3. The lowest BCUT2D eigenvalue weighted by atomic mass is 9.80. The van der Waals surface area contributed by atoms with Gasteiger partial charge in [0.05, 0.1) is 51.5 Å². The average molecular weight is 1120 g/mol. The fourth-order valence-corrected chi connectivity index (χ4v) is 9.98. The molecule has 0 bridgehead atoms. The summed E-state index contributed by atoms with van der Waals surface area (Å²) in [4.78, 5) is 0. The molecule has 432 valence electrons. The maximum atomic E-state index is 5.57. The first kappa shape index (κ1) is 63.1. The molecule has 8 rings (SSSR count). The van der Waals surface area contributed by atoms with Crippen LogP contribution in [-0.4, -0.2) is 40.4 Å². The second-order valence-corrected chi connectivity index (χ2v) is 21.0. The van der Waals surface area contributed by atoms with E-state index in [-0.39, 0.29) is 13.6 Å². The van der Waals surface area contributed by atoms with E-state index in [9.17, 15) is 0 Å². The van der Waals surface area contributed by atoms with Crippen LogP contribution in [0.2, 0.25) is 0 Å². The van der Waals surface area contributed by atoms with Crippen LogP contribution >= 0.6 is 0 Å². The zero-order chi connectivity index (χ0) is 58.5. The number of rotatable bonds is 26. The first-order chi connectivity index (χ1) is 41.4. The van der Waals surface area contributed by atoms with E-state index < -0.39 is 0 Å². The molecule has 0 radical (unpaired) electrons. The van der Waals surface area contributed by atoms with Gasteiger partial charge in [0, 0.05) is 44.5 Å². The van der Waals surface area contributed by atoms with Gasteiger partial charge in [-0.2, -0.15) is 0 Å². The van der Waals surface area contributed by atoms with Crippen molar-refractivity contribution in [2.75, 3.05) is 40.4 Å². The summed E-state index contributed by atoms with van der Waals surface area (Å²) >= 11 is 0. The molecule has 0 unspecified atom stereocenters. The summed E-state index contributed by atoms with van der Waals surface area (Å²) in [6, 6.07) is 49.6. The Hall–Kier alpha value is -8.44. The number of aryl methyl sites for hydroxylation is 2. The van der Waals surface area contributed by atoms with Crippen LogP contribution in [0.4, 0.5) is 0 Å². The van der Waals surface area contributed by atoms with Crippen LogP contribution in [0.25, 0.3) is 0 Å². The quantitative estimate of drug-likeness (QED) is 0.0230. The van der Waals surface area contributed by atoms with E-state index in [1.54, 1.807) is 0 Å². The van der Waals surface area contributed by atoms with Gasteiger partial charge in [0.2, 0.25) is 0 Å². The van der Waals surface area contributed by atoms with Crippen molar-refractivity contribution in [3.8, 4) is 47.4 Å². The molecule has 2 aliphatic carbocycles. The van der Waals surface area contributed by atoms with E-state index in [1.807, 2.05) is 97.1 Å². The SMILES string of the molecule is C=COCOCc1ccc(C#Cc2ccc(C#Cc3ccc(CCC4CCC(COCOC=C)CC4)cc3)cc2)cc1.C=COCOCc1ccc(C#Cc2ccc(C#Cc3ccc(CCC4CCC(COCOC=C)CC4)cc3)cc2)cc1. The number of ether oxygens (including phenoxy) is 8. The van der Waals surface area contributed by atoms with Gasteiger partial charge >= 0.3 is 0 Å². The van der Waals surface area contributed by atoms with Crippen LogP contribution in [0.5, 0.6) is 0 Å². The minimum atomic E-state index is 0.199. The summed E-state index contributed by atoms with van der Waals surface area (Å²) in [6.45, 7) is 17.6. The topological polar surface area (TPSA) is 73.8 Å². The average Bonchev–Trinajstić information content (AvgIpc) is 3.59. The third-order valence-corrected chi connectivity index (χ3v) is 14.9. The van der Waals surface area contributed by atoms with Crippen LogP contribution in [0, 0.1) is 71.0 Å². The van der Waals surface area contributed by atoms with Gasteiger partial charge in [-0.15, -0.1) is 0 Å². The predicted molar refractivity (Wildman–Crippen MR) is 336 cm³/mol. The summed E-state index contributed by atoms with van der Waals surface area (Å²) in [5, 5.41) is 0. The van der Waals surface area contributed by atoms with Gasteiger partial charge in [-0.1, -0.05) is 148 Å². The van der Waals surface area contributed by atoms with Crippen LogP contribution in [-0.2, 0) is 64.0 Å². The Morgan fingerprint density at radius 1 is 0.286 bits per heavy atom. The number of hydrogen-bond acceptors (Lipinski definition) is 8. The standard InChI is InChI=1S/2C38H40O4/c2*1-3-39-29-41-27-37-23-19-35(20-24-37)17-15-33-11-7-31(8-12-33)5-6-32-9-13-34(14-10-32)16-18-36-21-25-38(26-22-36)28-42-30-40-4-2/h2*3-4,7-14,21-22,25-26,35,37H,1-2,15,17,19-20,23-24,27-30H2. The highest BCUT2D eigenvalue weighted by Crippen LogP contribution is 2.33. The molecule has 0 aromatic heterocycles. The van der Waals surface area contributed by atoms with Gasteiger partial charge in [0.15, 0.2) is 27.2 Å². The summed E-state index contributed by atoms with van der Waals surface area (Å²) in [6.07, 6.45) is 20.5. The lowest BCUT2D eigenvalue weighted by molar-refractivity contribution is -0.0323. The lowest BCUT2D eigenvalue weighted by Gasteiger charge is -2.28. The highest BCUT2D eigenvalue weighted by Gasteiger charge is 2.22. The zero-order valence-electron chi connectivity index (χ0n) is 48.7. The lowest BCUT2D eigenvalue weighted by Crippen LogP contribution is -2.19. The molecule has 0 heterocycles. The highest BCUT2D eigenvalue weighted by atomic mass is 16.7. The third-order valence-electron chi connectivity index (χ3n) is 14.9. The Kier molecular flexibility index (Phi) is 28.3. The van der Waals surface area contributed by atoms with Crippen molar-refractivity contribution in [1.29, 1.82) is 0 Å². The van der Waals surface area contributed by atoms with Crippen molar-refractivity contribution in [3.05, 3.63) is 264 Å². The van der Waals surface area contributed by atoms with Crippen LogP contribution in [0.1, 0.15) is 131 Å². The van der Waals surface area contributed by atoms with Gasteiger partial charge < -0.3 is 37.9 Å². The van der Waals surface area contributed by atoms with E-state index in [0.29, 0.717) is 38.6 Å². The second-order valence-electron chi connectivity index (χ2n) is 21.0. The molecular weight excluding hydrogens is 1040 g/mol. The Balaban J connectivity index is 0.000000241. The Bertz CT molecular complexity index is 2930. The van der Waals surface area contributed by atoms with Gasteiger partial charge in [-0.25, -0.2) is 0 Å². The van der Waals surface area contributed by atoms with E-state index in [0.717, 1.165) is 93.5 Å². The molecule has 0 amide bonds. The fraction of sp³-hybridized carbons (Fsp3) is 0.316. The second kappa shape index (κ2) is 37.6. The first-order valence-electron chi connectivity index (χ1n) is 29.3. The summed E-state index contributed by atoms with van der Waals surface area (Å²) < 4.78 is 41.9. The molecule has 8 heteroatoms. The summed E-state index contributed by atoms with van der Waals surface area (Å²) in [5.41, 5.74) is 12.7. The zero-order valence-corrected chi connectivity index (χ0v) is 48.7. The molecule has 84 heavy (non-hydrogen) atoms. The molecule has 0 spiro atoms. The van der Waals surface area contributed by atoms with Gasteiger partial charge in [0.25, 0.3) is 0 Å². The van der Waals surface area contributed by atoms with Gasteiger partial charge in [0.1, 0.15) is 0 Å². The van der Waals surface area contributed by atoms with Crippen molar-refractivity contribution in [1.82, 2.24) is 0 Å². The monoisotopic (exact) mass is 1120 g/mol. The largest absolute Gasteiger partial charge is 0.476 e. The Morgan fingerprint density at radius 3 is 0.750 bits per heavy atom. The maximum Gasteiger partial charge on any atom is 0.188 e. The third kappa shape index (κ3) is 24.6. The van der Waals surface area contributed by atoms with E-state index in [2.05, 4.69) is 122 Å². The molecule has 2 aliphatic rings. The van der Waals surface area contributed by atoms with Crippen molar-refractivity contribution >= 4 is 0 Å². The van der Waals surface area contributed by atoms with Crippen molar-refractivity contribution < 1.29 is 37.9 Å². The minimum Gasteiger partial charge on any atom is -0.476 e. The molecule has 0 atom stereocenters. The highest BCUT2D eigenvalue weighted by molar-refractivity contribution is 5.50. The molecule has 8 nitrogen and oxygen atoms in total. The molecular formula is C76H80O8. The van der Waals surface area contributed by atoms with E-state index >= 15 is 0 Å². The van der Waals surface area contributed by atoms with Crippen LogP contribution in [0.15, 0.2) is 197 Å². The van der Waals surface area contributed by atoms with Crippen molar-refractivity contribution in [2.45, 2.75) is 90.3 Å². The van der Waals surface area contributed by atoms with Crippen LogP contribution < -0.4 is 0 Å². The smallest absolute Gasteiger partial charge is 0.188 e. The van der Waals surface area contributed by atoms with Gasteiger partial charge in [-0.3, -0.25) is 0 Å². The fourth-order valence-electron chi connectivity index (χ4n) is 9.98. The molecule has 0 N–H and O–H groups in total. The molecule has 2 saturated carbocycles.